The number of hydrogen-bond donors (Lipinski definition) is 1. The largest absolute Gasteiger partial charge is 0.356 e. The number of nitrogens with one attached hydrogen (secondary N) is 1. The van der Waals surface area contributed by atoms with Crippen LogP contribution in [0.4, 0.5) is 0 Å². The Bertz CT molecular complexity index is 1230. The lowest BCUT2D eigenvalue weighted by atomic mass is 10.1. The van der Waals surface area contributed by atoms with Gasteiger partial charge in [0.15, 0.2) is 0 Å². The molecule has 0 atom stereocenters. The SMILES string of the molecule is CSc1nc2nc(C)c(CCC(=O)NCCc3ccc(-c4csc(C)n4)s3)c(C)n2n1. The molecule has 162 valence electrons. The minimum atomic E-state index is 0.0502. The molecule has 4 heterocycles. The number of aromatic nitrogens is 5. The first-order valence-electron chi connectivity index (χ1n) is 9.99. The van der Waals surface area contributed by atoms with Gasteiger partial charge < -0.3 is 5.32 Å². The summed E-state index contributed by atoms with van der Waals surface area (Å²) < 4.78 is 1.77. The van der Waals surface area contributed by atoms with Gasteiger partial charge in [0.25, 0.3) is 5.78 Å². The van der Waals surface area contributed by atoms with Crippen molar-refractivity contribution in [3.63, 3.8) is 0 Å². The van der Waals surface area contributed by atoms with Gasteiger partial charge in [0.1, 0.15) is 0 Å². The first-order chi connectivity index (χ1) is 14.9. The van der Waals surface area contributed by atoms with Crippen molar-refractivity contribution in [3.05, 3.63) is 44.3 Å². The molecule has 0 saturated carbocycles. The van der Waals surface area contributed by atoms with E-state index in [-0.39, 0.29) is 5.91 Å². The second-order valence-corrected chi connectivity index (χ2v) is 10.2. The number of amides is 1. The third-order valence-electron chi connectivity index (χ3n) is 5.04. The third kappa shape index (κ3) is 4.97. The number of thioether (sulfide) groups is 1. The highest BCUT2D eigenvalue weighted by Gasteiger charge is 2.14. The van der Waals surface area contributed by atoms with Crippen molar-refractivity contribution >= 4 is 46.1 Å². The van der Waals surface area contributed by atoms with E-state index in [1.807, 2.05) is 27.0 Å². The van der Waals surface area contributed by atoms with E-state index in [1.165, 1.54) is 21.5 Å². The lowest BCUT2D eigenvalue weighted by Crippen LogP contribution is -2.26. The highest BCUT2D eigenvalue weighted by atomic mass is 32.2. The van der Waals surface area contributed by atoms with Crippen molar-refractivity contribution in [3.8, 4) is 10.6 Å². The number of carbonyl (C=O) groups is 1. The quantitative estimate of drug-likeness (QED) is 0.386. The summed E-state index contributed by atoms with van der Waals surface area (Å²) >= 11 is 4.89. The van der Waals surface area contributed by atoms with Gasteiger partial charge in [-0.15, -0.1) is 27.8 Å². The number of carbonyl (C=O) groups excluding carboxylic acids is 1. The molecule has 4 rings (SSSR count). The second-order valence-electron chi connectivity index (χ2n) is 7.19. The molecule has 0 aromatic carbocycles. The van der Waals surface area contributed by atoms with Gasteiger partial charge in [-0.25, -0.2) is 14.5 Å². The Morgan fingerprint density at radius 3 is 2.74 bits per heavy atom. The summed E-state index contributed by atoms with van der Waals surface area (Å²) in [5, 5.41) is 11.4. The zero-order chi connectivity index (χ0) is 22.0. The summed E-state index contributed by atoms with van der Waals surface area (Å²) in [6.07, 6.45) is 3.82. The van der Waals surface area contributed by atoms with Crippen LogP contribution in [-0.4, -0.2) is 43.3 Å². The summed E-state index contributed by atoms with van der Waals surface area (Å²) in [6, 6.07) is 4.23. The number of nitrogens with zero attached hydrogens (tertiary/aromatic N) is 5. The van der Waals surface area contributed by atoms with Gasteiger partial charge in [-0.3, -0.25) is 4.79 Å². The zero-order valence-electron chi connectivity index (χ0n) is 17.9. The number of fused-ring (bicyclic) bond motifs is 1. The van der Waals surface area contributed by atoms with Crippen molar-refractivity contribution in [2.24, 2.45) is 0 Å². The van der Waals surface area contributed by atoms with Crippen LogP contribution in [0.25, 0.3) is 16.3 Å². The summed E-state index contributed by atoms with van der Waals surface area (Å²) in [5.41, 5.74) is 3.99. The molecular formula is C21H24N6OS3. The van der Waals surface area contributed by atoms with Gasteiger partial charge in [-0.2, -0.15) is 4.98 Å². The molecule has 0 saturated heterocycles. The number of hydrogen-bond acceptors (Lipinski definition) is 8. The van der Waals surface area contributed by atoms with Crippen molar-refractivity contribution in [1.29, 1.82) is 0 Å². The molecule has 0 aliphatic rings. The van der Waals surface area contributed by atoms with Crippen molar-refractivity contribution in [2.45, 2.75) is 45.2 Å². The maximum absolute atomic E-state index is 12.4. The van der Waals surface area contributed by atoms with Crippen LogP contribution >= 0.6 is 34.4 Å². The van der Waals surface area contributed by atoms with E-state index in [1.54, 1.807) is 27.2 Å². The molecule has 0 unspecified atom stereocenters. The van der Waals surface area contributed by atoms with Crippen LogP contribution in [0, 0.1) is 20.8 Å². The predicted molar refractivity (Wildman–Crippen MR) is 127 cm³/mol. The summed E-state index contributed by atoms with van der Waals surface area (Å²) in [4.78, 5) is 28.3. The maximum atomic E-state index is 12.4. The number of thiophene rings is 1. The zero-order valence-corrected chi connectivity index (χ0v) is 20.4. The average Bonchev–Trinajstić information content (AvgIpc) is 3.47. The van der Waals surface area contributed by atoms with E-state index in [0.717, 1.165) is 34.1 Å². The Hall–Kier alpha value is -2.30. The summed E-state index contributed by atoms with van der Waals surface area (Å²) in [7, 11) is 0. The van der Waals surface area contributed by atoms with Gasteiger partial charge in [0, 0.05) is 34.6 Å². The fraction of sp³-hybridized carbons (Fsp3) is 0.381. The first-order valence-corrected chi connectivity index (χ1v) is 12.9. The standard InChI is InChI=1S/C21H24N6OS3/c1-12-16(13(2)27-20(23-12)25-21(26-27)29-4)6-8-19(28)22-10-9-15-5-7-18(31-15)17-11-30-14(3)24-17/h5,7,11H,6,8-10H2,1-4H3,(H,22,28). The van der Waals surface area contributed by atoms with E-state index >= 15 is 0 Å². The van der Waals surface area contributed by atoms with E-state index in [2.05, 4.69) is 42.9 Å². The van der Waals surface area contributed by atoms with Crippen molar-refractivity contribution < 1.29 is 4.79 Å². The molecule has 4 aromatic heterocycles. The van der Waals surface area contributed by atoms with Crippen LogP contribution in [0.5, 0.6) is 0 Å². The topological polar surface area (TPSA) is 85.1 Å². The minimum absolute atomic E-state index is 0.0502. The molecule has 7 nitrogen and oxygen atoms in total. The number of rotatable bonds is 8. The highest BCUT2D eigenvalue weighted by Crippen LogP contribution is 2.29. The molecule has 0 radical (unpaired) electrons. The van der Waals surface area contributed by atoms with Crippen LogP contribution in [0.1, 0.15) is 33.3 Å². The predicted octanol–water partition coefficient (Wildman–Crippen LogP) is 4.25. The van der Waals surface area contributed by atoms with Crippen molar-refractivity contribution in [2.75, 3.05) is 12.8 Å². The Morgan fingerprint density at radius 1 is 1.16 bits per heavy atom. The van der Waals surface area contributed by atoms with Crippen LogP contribution in [0.15, 0.2) is 22.7 Å². The Balaban J connectivity index is 1.30. The lowest BCUT2D eigenvalue weighted by molar-refractivity contribution is -0.121. The Kier molecular flexibility index (Phi) is 6.68. The van der Waals surface area contributed by atoms with Crippen molar-refractivity contribution in [1.82, 2.24) is 29.9 Å². The molecule has 0 fully saturated rings. The maximum Gasteiger partial charge on any atom is 0.253 e. The number of aryl methyl sites for hydroxylation is 3. The molecular weight excluding hydrogens is 448 g/mol. The molecule has 0 bridgehead atoms. The van der Waals surface area contributed by atoms with E-state index in [4.69, 9.17) is 0 Å². The average molecular weight is 473 g/mol. The summed E-state index contributed by atoms with van der Waals surface area (Å²) in [6.45, 7) is 6.62. The van der Waals surface area contributed by atoms with Crippen LogP contribution in [0.2, 0.25) is 0 Å². The van der Waals surface area contributed by atoms with Crippen LogP contribution in [-0.2, 0) is 17.6 Å². The smallest absolute Gasteiger partial charge is 0.253 e. The Labute approximate surface area is 193 Å². The molecule has 4 aromatic rings. The molecule has 1 N–H and O–H groups in total. The van der Waals surface area contributed by atoms with Gasteiger partial charge in [0.2, 0.25) is 11.1 Å². The molecule has 31 heavy (non-hydrogen) atoms. The van der Waals surface area contributed by atoms with Crippen LogP contribution < -0.4 is 5.32 Å². The molecule has 10 heteroatoms. The number of thiazole rings is 1. The molecule has 0 aliphatic carbocycles. The summed E-state index contributed by atoms with van der Waals surface area (Å²) in [5.74, 6) is 0.657. The Morgan fingerprint density at radius 2 is 2.00 bits per heavy atom. The van der Waals surface area contributed by atoms with E-state index in [0.29, 0.717) is 30.3 Å². The molecule has 0 aliphatic heterocycles. The fourth-order valence-corrected chi connectivity index (χ4v) is 5.41. The van der Waals surface area contributed by atoms with Crippen LogP contribution in [0.3, 0.4) is 0 Å². The molecule has 1 amide bonds. The normalized spacial score (nSPS) is 11.4. The highest BCUT2D eigenvalue weighted by molar-refractivity contribution is 7.98. The third-order valence-corrected chi connectivity index (χ3v) is 7.52. The van der Waals surface area contributed by atoms with E-state index in [9.17, 15) is 4.79 Å². The van der Waals surface area contributed by atoms with E-state index < -0.39 is 0 Å². The van der Waals surface area contributed by atoms with Gasteiger partial charge >= 0.3 is 0 Å². The fourth-order valence-electron chi connectivity index (χ4n) is 3.42. The first kappa shape index (κ1) is 21.9. The second kappa shape index (κ2) is 9.46. The monoisotopic (exact) mass is 472 g/mol. The molecule has 0 spiro atoms. The lowest BCUT2D eigenvalue weighted by Gasteiger charge is -2.10. The van der Waals surface area contributed by atoms with Gasteiger partial charge in [-0.05, 0) is 57.6 Å². The van der Waals surface area contributed by atoms with Gasteiger partial charge in [0.05, 0.1) is 15.6 Å². The van der Waals surface area contributed by atoms with Gasteiger partial charge in [-0.1, -0.05) is 11.8 Å². The minimum Gasteiger partial charge on any atom is -0.356 e.